The fourth-order valence-corrected chi connectivity index (χ4v) is 3.31. The van der Waals surface area contributed by atoms with Gasteiger partial charge >= 0.3 is 0 Å². The van der Waals surface area contributed by atoms with Crippen molar-refractivity contribution in [1.29, 1.82) is 0 Å². The first-order chi connectivity index (χ1) is 13.6. The van der Waals surface area contributed by atoms with Gasteiger partial charge in [0.2, 0.25) is 5.91 Å². The average molecular weight is 378 g/mol. The zero-order valence-electron chi connectivity index (χ0n) is 15.5. The topological polar surface area (TPSA) is 83.6 Å². The highest BCUT2D eigenvalue weighted by molar-refractivity contribution is 6.22. The quantitative estimate of drug-likeness (QED) is 0.413. The van der Waals surface area contributed by atoms with Crippen LogP contribution in [-0.4, -0.2) is 41.5 Å². The van der Waals surface area contributed by atoms with Crippen molar-refractivity contribution in [2.75, 3.05) is 6.54 Å². The molecule has 0 radical (unpaired) electrons. The lowest BCUT2D eigenvalue weighted by atomic mass is 10.0. The summed E-state index contributed by atoms with van der Waals surface area (Å²) in [5.41, 5.74) is 1.51. The van der Waals surface area contributed by atoms with Gasteiger partial charge in [-0.1, -0.05) is 42.5 Å². The molecule has 0 fully saturated rings. The van der Waals surface area contributed by atoms with Crippen LogP contribution in [0.5, 0.6) is 0 Å². The average Bonchev–Trinajstić information content (AvgIpc) is 2.97. The summed E-state index contributed by atoms with van der Waals surface area (Å²) in [6.45, 7) is 0.390. The van der Waals surface area contributed by atoms with Crippen LogP contribution < -0.4 is 5.32 Å². The number of hydrogen-bond acceptors (Lipinski definition) is 4. The lowest BCUT2D eigenvalue weighted by molar-refractivity contribution is -0.125. The first-order valence-electron chi connectivity index (χ1n) is 9.35. The maximum absolute atomic E-state index is 12.9. The second-order valence-electron chi connectivity index (χ2n) is 6.68. The molecule has 2 aromatic carbocycles. The number of carbonyl (C=O) groups excluding carboxylic acids is 4. The van der Waals surface area contributed by atoms with Crippen LogP contribution in [0.3, 0.4) is 0 Å². The predicted molar refractivity (Wildman–Crippen MR) is 104 cm³/mol. The predicted octanol–water partition coefficient (Wildman–Crippen LogP) is 2.38. The largest absolute Gasteiger partial charge is 0.354 e. The van der Waals surface area contributed by atoms with Crippen LogP contribution in [0.2, 0.25) is 0 Å². The summed E-state index contributed by atoms with van der Waals surface area (Å²) < 4.78 is 0. The molecule has 6 nitrogen and oxygen atoms in total. The number of amides is 3. The van der Waals surface area contributed by atoms with Crippen LogP contribution in [0.15, 0.2) is 54.6 Å². The first kappa shape index (κ1) is 19.5. The number of aldehydes is 1. The molecule has 0 aromatic heterocycles. The van der Waals surface area contributed by atoms with E-state index in [1.165, 1.54) is 0 Å². The highest BCUT2D eigenvalue weighted by Crippen LogP contribution is 2.26. The summed E-state index contributed by atoms with van der Waals surface area (Å²) in [5.74, 6) is -1.26. The Balaban J connectivity index is 1.80. The van der Waals surface area contributed by atoms with Gasteiger partial charge in [-0.15, -0.1) is 0 Å². The van der Waals surface area contributed by atoms with Crippen LogP contribution in [0.25, 0.3) is 0 Å². The number of imide groups is 1. The van der Waals surface area contributed by atoms with Crippen molar-refractivity contribution in [3.63, 3.8) is 0 Å². The summed E-state index contributed by atoms with van der Waals surface area (Å²) in [6.07, 6.45) is 2.87. The molecule has 1 aliphatic heterocycles. The van der Waals surface area contributed by atoms with Crippen LogP contribution in [0.4, 0.5) is 0 Å². The molecule has 0 saturated heterocycles. The van der Waals surface area contributed by atoms with Crippen LogP contribution in [0.1, 0.15) is 45.5 Å². The summed E-state index contributed by atoms with van der Waals surface area (Å²) in [6, 6.07) is 15.0. The molecule has 28 heavy (non-hydrogen) atoms. The SMILES string of the molecule is O=CCCCCNC(=O)[C@H](Cc1ccccc1)N1C(=O)c2ccccc2C1=O. The van der Waals surface area contributed by atoms with Crippen molar-refractivity contribution in [2.24, 2.45) is 0 Å². The lowest BCUT2D eigenvalue weighted by Crippen LogP contribution is -2.50. The molecule has 0 spiro atoms. The molecule has 0 bridgehead atoms. The van der Waals surface area contributed by atoms with Gasteiger partial charge in [-0.25, -0.2) is 0 Å². The molecule has 1 aliphatic rings. The zero-order chi connectivity index (χ0) is 19.9. The van der Waals surface area contributed by atoms with Gasteiger partial charge in [-0.2, -0.15) is 0 Å². The van der Waals surface area contributed by atoms with E-state index in [9.17, 15) is 19.2 Å². The second-order valence-corrected chi connectivity index (χ2v) is 6.68. The third kappa shape index (κ3) is 4.17. The number of rotatable bonds is 9. The molecule has 3 amide bonds. The Hall–Kier alpha value is -3.28. The zero-order valence-corrected chi connectivity index (χ0v) is 15.5. The van der Waals surface area contributed by atoms with Crippen molar-refractivity contribution in [3.8, 4) is 0 Å². The number of nitrogens with one attached hydrogen (secondary N) is 1. The van der Waals surface area contributed by atoms with E-state index in [0.29, 0.717) is 36.9 Å². The van der Waals surface area contributed by atoms with Gasteiger partial charge in [0.15, 0.2) is 0 Å². The lowest BCUT2D eigenvalue weighted by Gasteiger charge is -2.25. The molecule has 144 valence electrons. The summed E-state index contributed by atoms with van der Waals surface area (Å²) in [4.78, 5) is 50.0. The molecule has 1 N–H and O–H groups in total. The van der Waals surface area contributed by atoms with Gasteiger partial charge in [-0.05, 0) is 30.5 Å². The number of hydrogen-bond donors (Lipinski definition) is 1. The van der Waals surface area contributed by atoms with E-state index in [2.05, 4.69) is 5.32 Å². The van der Waals surface area contributed by atoms with Crippen molar-refractivity contribution in [3.05, 3.63) is 71.3 Å². The molecule has 0 aliphatic carbocycles. The molecular weight excluding hydrogens is 356 g/mol. The monoisotopic (exact) mass is 378 g/mol. The van der Waals surface area contributed by atoms with Crippen molar-refractivity contribution < 1.29 is 19.2 Å². The van der Waals surface area contributed by atoms with Gasteiger partial charge < -0.3 is 10.1 Å². The van der Waals surface area contributed by atoms with Crippen molar-refractivity contribution in [2.45, 2.75) is 31.7 Å². The molecule has 0 saturated carbocycles. The maximum atomic E-state index is 12.9. The Labute approximate surface area is 163 Å². The Morgan fingerprint density at radius 1 is 0.929 bits per heavy atom. The smallest absolute Gasteiger partial charge is 0.262 e. The van der Waals surface area contributed by atoms with E-state index >= 15 is 0 Å². The van der Waals surface area contributed by atoms with Crippen LogP contribution in [0, 0.1) is 0 Å². The molecule has 6 heteroatoms. The summed E-state index contributed by atoms with van der Waals surface area (Å²) in [5, 5.41) is 2.81. The van der Waals surface area contributed by atoms with E-state index in [1.807, 2.05) is 30.3 Å². The van der Waals surface area contributed by atoms with E-state index in [0.717, 1.165) is 16.7 Å². The van der Waals surface area contributed by atoms with E-state index in [4.69, 9.17) is 0 Å². The molecule has 1 heterocycles. The third-order valence-electron chi connectivity index (χ3n) is 4.76. The molecular formula is C22H22N2O4. The number of fused-ring (bicyclic) bond motifs is 1. The number of carbonyl (C=O) groups is 4. The maximum Gasteiger partial charge on any atom is 0.262 e. The minimum atomic E-state index is -0.930. The Kier molecular flexibility index (Phi) is 6.32. The van der Waals surface area contributed by atoms with Crippen molar-refractivity contribution >= 4 is 24.0 Å². The highest BCUT2D eigenvalue weighted by Gasteiger charge is 2.42. The van der Waals surface area contributed by atoms with E-state index in [-0.39, 0.29) is 12.3 Å². The Morgan fingerprint density at radius 2 is 1.54 bits per heavy atom. The minimum Gasteiger partial charge on any atom is -0.354 e. The normalized spacial score (nSPS) is 13.9. The van der Waals surface area contributed by atoms with Crippen LogP contribution >= 0.6 is 0 Å². The van der Waals surface area contributed by atoms with E-state index < -0.39 is 17.9 Å². The molecule has 3 rings (SSSR count). The third-order valence-corrected chi connectivity index (χ3v) is 4.76. The number of unbranched alkanes of at least 4 members (excludes halogenated alkanes) is 2. The standard InChI is InChI=1S/C22H22N2O4/c25-14-8-2-7-13-23-20(26)19(15-16-9-3-1-4-10-16)24-21(27)17-11-5-6-12-18(17)22(24)28/h1,3-6,9-12,14,19H,2,7-8,13,15H2,(H,23,26)/t19-/m0/s1. The Morgan fingerprint density at radius 3 is 2.14 bits per heavy atom. The molecule has 1 atom stereocenters. The summed E-state index contributed by atoms with van der Waals surface area (Å²) >= 11 is 0. The number of benzene rings is 2. The fraction of sp³-hybridized carbons (Fsp3) is 0.273. The van der Waals surface area contributed by atoms with Gasteiger partial charge in [-0.3, -0.25) is 19.3 Å². The van der Waals surface area contributed by atoms with Crippen LogP contribution in [-0.2, 0) is 16.0 Å². The van der Waals surface area contributed by atoms with Gasteiger partial charge in [0.1, 0.15) is 12.3 Å². The minimum absolute atomic E-state index is 0.243. The molecule has 2 aromatic rings. The Bertz CT molecular complexity index is 844. The highest BCUT2D eigenvalue weighted by atomic mass is 16.2. The molecule has 0 unspecified atom stereocenters. The summed E-state index contributed by atoms with van der Waals surface area (Å²) in [7, 11) is 0. The van der Waals surface area contributed by atoms with E-state index in [1.54, 1.807) is 24.3 Å². The number of nitrogens with zero attached hydrogens (tertiary/aromatic N) is 1. The van der Waals surface area contributed by atoms with Gasteiger partial charge in [0.25, 0.3) is 11.8 Å². The fourth-order valence-electron chi connectivity index (χ4n) is 3.31. The first-order valence-corrected chi connectivity index (χ1v) is 9.35. The van der Waals surface area contributed by atoms with Gasteiger partial charge in [0.05, 0.1) is 11.1 Å². The second kappa shape index (κ2) is 9.08. The van der Waals surface area contributed by atoms with Gasteiger partial charge in [0, 0.05) is 19.4 Å². The van der Waals surface area contributed by atoms with Crippen molar-refractivity contribution in [1.82, 2.24) is 10.2 Å².